The molecule has 0 saturated carbocycles. The summed E-state index contributed by atoms with van der Waals surface area (Å²) >= 11 is 0. The molecule has 0 radical (unpaired) electrons. The van der Waals surface area contributed by atoms with E-state index < -0.39 is 0 Å². The Kier molecular flexibility index (Phi) is 3.16. The smallest absolute Gasteiger partial charge is 0.154 e. The first-order chi connectivity index (χ1) is 9.81. The van der Waals surface area contributed by atoms with Crippen LogP contribution >= 0.6 is 0 Å². The molecule has 100 valence electrons. The Bertz CT molecular complexity index is 737. The molecule has 0 aliphatic heterocycles. The van der Waals surface area contributed by atoms with Crippen molar-refractivity contribution >= 4 is 22.5 Å². The number of hydrogen-bond donors (Lipinski definition) is 2. The predicted octanol–water partition coefficient (Wildman–Crippen LogP) is 2.78. The maximum absolute atomic E-state index is 4.61. The van der Waals surface area contributed by atoms with Crippen LogP contribution < -0.4 is 10.6 Å². The standard InChI is InChI=1S/C15H15N5/c1-16-11-5-3-10(4-6-11)12-9-13-14(15(17-2)20-12)19-8-7-18-13/h3-9,16H,1-2H3,(H,17,20). The van der Waals surface area contributed by atoms with Gasteiger partial charge < -0.3 is 10.6 Å². The Hall–Kier alpha value is -2.69. The average molecular weight is 265 g/mol. The Morgan fingerprint density at radius 2 is 1.65 bits per heavy atom. The third-order valence-electron chi connectivity index (χ3n) is 3.16. The number of fused-ring (bicyclic) bond motifs is 1. The largest absolute Gasteiger partial charge is 0.388 e. The van der Waals surface area contributed by atoms with Crippen molar-refractivity contribution in [2.24, 2.45) is 0 Å². The van der Waals surface area contributed by atoms with E-state index in [-0.39, 0.29) is 0 Å². The molecule has 0 saturated heterocycles. The molecule has 3 rings (SSSR count). The first kappa shape index (κ1) is 12.3. The lowest BCUT2D eigenvalue weighted by Crippen LogP contribution is -1.98. The van der Waals surface area contributed by atoms with Crippen molar-refractivity contribution < 1.29 is 0 Å². The Morgan fingerprint density at radius 3 is 2.35 bits per heavy atom. The van der Waals surface area contributed by atoms with Gasteiger partial charge in [-0.2, -0.15) is 0 Å². The van der Waals surface area contributed by atoms with Crippen LogP contribution in [0.4, 0.5) is 11.5 Å². The number of rotatable bonds is 3. The van der Waals surface area contributed by atoms with Gasteiger partial charge in [0.25, 0.3) is 0 Å². The second-order valence-electron chi connectivity index (χ2n) is 4.36. The highest BCUT2D eigenvalue weighted by molar-refractivity contribution is 5.88. The minimum absolute atomic E-state index is 0.739. The van der Waals surface area contributed by atoms with Crippen LogP contribution in [0, 0.1) is 0 Å². The van der Waals surface area contributed by atoms with Crippen LogP contribution in [-0.2, 0) is 0 Å². The quantitative estimate of drug-likeness (QED) is 0.762. The van der Waals surface area contributed by atoms with Crippen LogP contribution in [0.1, 0.15) is 0 Å². The molecular formula is C15H15N5. The van der Waals surface area contributed by atoms with Crippen LogP contribution in [0.15, 0.2) is 42.7 Å². The molecule has 5 nitrogen and oxygen atoms in total. The molecule has 3 aromatic rings. The predicted molar refractivity (Wildman–Crippen MR) is 81.9 cm³/mol. The van der Waals surface area contributed by atoms with Crippen molar-refractivity contribution in [1.29, 1.82) is 0 Å². The topological polar surface area (TPSA) is 62.7 Å². The highest BCUT2D eigenvalue weighted by Gasteiger charge is 2.08. The SMILES string of the molecule is CNc1ccc(-c2cc3nccnc3c(NC)n2)cc1. The Balaban J connectivity index is 2.15. The molecule has 0 unspecified atom stereocenters. The third-order valence-corrected chi connectivity index (χ3v) is 3.16. The number of hydrogen-bond acceptors (Lipinski definition) is 5. The van der Waals surface area contributed by atoms with Crippen LogP contribution in [-0.4, -0.2) is 29.0 Å². The maximum Gasteiger partial charge on any atom is 0.154 e. The van der Waals surface area contributed by atoms with Gasteiger partial charge in [-0.3, -0.25) is 4.98 Å². The maximum atomic E-state index is 4.61. The van der Waals surface area contributed by atoms with Gasteiger partial charge in [0.2, 0.25) is 0 Å². The zero-order valence-corrected chi connectivity index (χ0v) is 11.4. The molecular weight excluding hydrogens is 250 g/mol. The summed E-state index contributed by atoms with van der Waals surface area (Å²) in [4.78, 5) is 13.3. The number of aromatic nitrogens is 3. The van der Waals surface area contributed by atoms with Gasteiger partial charge in [-0.15, -0.1) is 0 Å². The first-order valence-corrected chi connectivity index (χ1v) is 6.39. The summed E-state index contributed by atoms with van der Waals surface area (Å²) in [7, 11) is 3.74. The molecule has 2 aromatic heterocycles. The molecule has 5 heteroatoms. The molecule has 0 aliphatic carbocycles. The van der Waals surface area contributed by atoms with Crippen molar-refractivity contribution in [3.63, 3.8) is 0 Å². The van der Waals surface area contributed by atoms with Crippen molar-refractivity contribution in [3.8, 4) is 11.3 Å². The third kappa shape index (κ3) is 2.14. The number of nitrogens with one attached hydrogen (secondary N) is 2. The van der Waals surface area contributed by atoms with E-state index in [1.165, 1.54) is 0 Å². The Labute approximate surface area is 117 Å². The molecule has 20 heavy (non-hydrogen) atoms. The summed E-state index contributed by atoms with van der Waals surface area (Å²) in [5.41, 5.74) is 4.62. The zero-order valence-electron chi connectivity index (χ0n) is 11.4. The summed E-state index contributed by atoms with van der Waals surface area (Å²) < 4.78 is 0. The van der Waals surface area contributed by atoms with E-state index in [4.69, 9.17) is 0 Å². The number of anilines is 2. The lowest BCUT2D eigenvalue weighted by molar-refractivity contribution is 1.23. The fraction of sp³-hybridized carbons (Fsp3) is 0.133. The van der Waals surface area contributed by atoms with E-state index in [1.807, 2.05) is 44.4 Å². The fourth-order valence-corrected chi connectivity index (χ4v) is 2.10. The minimum atomic E-state index is 0.739. The van der Waals surface area contributed by atoms with E-state index in [2.05, 4.69) is 25.6 Å². The zero-order chi connectivity index (χ0) is 13.9. The first-order valence-electron chi connectivity index (χ1n) is 6.39. The summed E-state index contributed by atoms with van der Waals surface area (Å²) in [6, 6.07) is 10.1. The van der Waals surface area contributed by atoms with Gasteiger partial charge >= 0.3 is 0 Å². The van der Waals surface area contributed by atoms with Crippen molar-refractivity contribution in [2.45, 2.75) is 0 Å². The molecule has 0 atom stereocenters. The van der Waals surface area contributed by atoms with Crippen molar-refractivity contribution in [3.05, 3.63) is 42.7 Å². The molecule has 1 aromatic carbocycles. The van der Waals surface area contributed by atoms with E-state index in [0.717, 1.165) is 33.8 Å². The molecule has 2 N–H and O–H groups in total. The van der Waals surface area contributed by atoms with Gasteiger partial charge in [-0.25, -0.2) is 9.97 Å². The van der Waals surface area contributed by atoms with Crippen LogP contribution in [0.2, 0.25) is 0 Å². The molecule has 2 heterocycles. The van der Waals surface area contributed by atoms with Gasteiger partial charge in [-0.05, 0) is 18.2 Å². The molecule has 0 aliphatic rings. The summed E-state index contributed by atoms with van der Waals surface area (Å²) in [5, 5.41) is 6.18. The average Bonchev–Trinajstić information content (AvgIpc) is 2.54. The second-order valence-corrected chi connectivity index (χ2v) is 4.36. The van der Waals surface area contributed by atoms with E-state index >= 15 is 0 Å². The molecule has 0 spiro atoms. The van der Waals surface area contributed by atoms with Gasteiger partial charge in [0, 0.05) is 37.7 Å². The fourth-order valence-electron chi connectivity index (χ4n) is 2.10. The molecule has 0 fully saturated rings. The highest BCUT2D eigenvalue weighted by Crippen LogP contribution is 2.25. The monoisotopic (exact) mass is 265 g/mol. The van der Waals surface area contributed by atoms with Gasteiger partial charge in [0.05, 0.1) is 11.2 Å². The number of benzene rings is 1. The summed E-state index contributed by atoms with van der Waals surface area (Å²) in [5.74, 6) is 0.739. The summed E-state index contributed by atoms with van der Waals surface area (Å²) in [6.45, 7) is 0. The second kappa shape index (κ2) is 5.13. The lowest BCUT2D eigenvalue weighted by Gasteiger charge is -2.08. The lowest BCUT2D eigenvalue weighted by atomic mass is 10.1. The van der Waals surface area contributed by atoms with Crippen molar-refractivity contribution in [1.82, 2.24) is 15.0 Å². The number of pyridine rings is 1. The van der Waals surface area contributed by atoms with Gasteiger partial charge in [0.1, 0.15) is 5.52 Å². The highest BCUT2D eigenvalue weighted by atomic mass is 15.0. The molecule has 0 amide bonds. The number of nitrogens with zero attached hydrogens (tertiary/aromatic N) is 3. The van der Waals surface area contributed by atoms with E-state index in [9.17, 15) is 0 Å². The Morgan fingerprint density at radius 1 is 0.900 bits per heavy atom. The van der Waals surface area contributed by atoms with Crippen LogP contribution in [0.5, 0.6) is 0 Å². The van der Waals surface area contributed by atoms with E-state index in [0.29, 0.717) is 0 Å². The minimum Gasteiger partial charge on any atom is -0.388 e. The van der Waals surface area contributed by atoms with Crippen molar-refractivity contribution in [2.75, 3.05) is 24.7 Å². The van der Waals surface area contributed by atoms with Gasteiger partial charge in [-0.1, -0.05) is 12.1 Å². The van der Waals surface area contributed by atoms with Gasteiger partial charge in [0.15, 0.2) is 5.82 Å². The van der Waals surface area contributed by atoms with Crippen LogP contribution in [0.25, 0.3) is 22.3 Å². The van der Waals surface area contributed by atoms with E-state index in [1.54, 1.807) is 12.4 Å². The summed E-state index contributed by atoms with van der Waals surface area (Å²) in [6.07, 6.45) is 3.36. The normalized spacial score (nSPS) is 10.5. The molecule has 0 bridgehead atoms. The van der Waals surface area contributed by atoms with Crippen LogP contribution in [0.3, 0.4) is 0 Å².